The second kappa shape index (κ2) is 5.03. The average Bonchev–Trinajstić information content (AvgIpc) is 2.43. The van der Waals surface area contributed by atoms with E-state index in [2.05, 4.69) is 5.32 Å². The minimum atomic E-state index is -0.947. The molecule has 0 bridgehead atoms. The molecule has 0 aromatic carbocycles. The smallest absolute Gasteiger partial charge is 0.305 e. The molecule has 6 heteroatoms. The normalized spacial score (nSPS) is 12.2. The van der Waals surface area contributed by atoms with Crippen molar-refractivity contribution in [2.45, 2.75) is 19.4 Å². The van der Waals surface area contributed by atoms with Crippen molar-refractivity contribution in [1.82, 2.24) is 9.88 Å². The van der Waals surface area contributed by atoms with Gasteiger partial charge in [0.05, 0.1) is 11.4 Å². The van der Waals surface area contributed by atoms with Crippen LogP contribution in [0, 0.1) is 0 Å². The lowest BCUT2D eigenvalue weighted by Gasteiger charge is -2.11. The van der Waals surface area contributed by atoms with Gasteiger partial charge in [-0.1, -0.05) is 11.6 Å². The van der Waals surface area contributed by atoms with E-state index in [1.165, 1.54) is 6.07 Å². The highest BCUT2D eigenvalue weighted by Gasteiger charge is 2.15. The molecule has 1 heterocycles. The summed E-state index contributed by atoms with van der Waals surface area (Å²) in [6.45, 7) is 1.64. The van der Waals surface area contributed by atoms with Crippen molar-refractivity contribution in [2.24, 2.45) is 7.05 Å². The Kier molecular flexibility index (Phi) is 3.95. The third kappa shape index (κ3) is 3.27. The summed E-state index contributed by atoms with van der Waals surface area (Å²) < 4.78 is 1.59. The molecule has 16 heavy (non-hydrogen) atoms. The van der Waals surface area contributed by atoms with Gasteiger partial charge in [0.1, 0.15) is 5.69 Å². The topological polar surface area (TPSA) is 71.3 Å². The molecule has 1 amide bonds. The zero-order valence-electron chi connectivity index (χ0n) is 9.03. The molecular formula is C10H13ClN2O3. The van der Waals surface area contributed by atoms with Crippen LogP contribution >= 0.6 is 11.6 Å². The van der Waals surface area contributed by atoms with Crippen molar-refractivity contribution >= 4 is 23.5 Å². The number of carbonyl (C=O) groups excluding carboxylic acids is 1. The lowest BCUT2D eigenvalue weighted by Crippen LogP contribution is -2.35. The molecule has 2 N–H and O–H groups in total. The quantitative estimate of drug-likeness (QED) is 0.838. The lowest BCUT2D eigenvalue weighted by molar-refractivity contribution is -0.137. The van der Waals surface area contributed by atoms with Gasteiger partial charge in [-0.25, -0.2) is 0 Å². The number of carboxylic acid groups (broad SMARTS) is 1. The second-order valence-corrected chi connectivity index (χ2v) is 4.06. The molecule has 1 aromatic heterocycles. The van der Waals surface area contributed by atoms with Crippen LogP contribution in [0.15, 0.2) is 12.3 Å². The van der Waals surface area contributed by atoms with Crippen molar-refractivity contribution in [2.75, 3.05) is 0 Å². The van der Waals surface area contributed by atoms with Crippen LogP contribution in [0.4, 0.5) is 0 Å². The molecule has 5 nitrogen and oxygen atoms in total. The molecule has 0 aliphatic heterocycles. The molecule has 1 atom stereocenters. The van der Waals surface area contributed by atoms with Crippen LogP contribution in [0.5, 0.6) is 0 Å². The Bertz CT molecular complexity index is 414. The van der Waals surface area contributed by atoms with Crippen LogP contribution in [0.2, 0.25) is 5.02 Å². The van der Waals surface area contributed by atoms with Crippen molar-refractivity contribution in [1.29, 1.82) is 0 Å². The van der Waals surface area contributed by atoms with Gasteiger partial charge >= 0.3 is 5.97 Å². The molecule has 0 fully saturated rings. The number of aryl methyl sites for hydroxylation is 1. The monoisotopic (exact) mass is 244 g/mol. The Labute approximate surface area is 98.0 Å². The van der Waals surface area contributed by atoms with E-state index in [1.54, 1.807) is 24.7 Å². The first-order valence-corrected chi connectivity index (χ1v) is 5.12. The third-order valence-electron chi connectivity index (χ3n) is 2.06. The first-order valence-electron chi connectivity index (χ1n) is 4.74. The van der Waals surface area contributed by atoms with Gasteiger partial charge in [0.2, 0.25) is 0 Å². The largest absolute Gasteiger partial charge is 0.481 e. The van der Waals surface area contributed by atoms with Gasteiger partial charge in [0.25, 0.3) is 5.91 Å². The van der Waals surface area contributed by atoms with Gasteiger partial charge in [0, 0.05) is 19.3 Å². The summed E-state index contributed by atoms with van der Waals surface area (Å²) in [5.74, 6) is -1.28. The molecular weight excluding hydrogens is 232 g/mol. The minimum absolute atomic E-state index is 0.107. The van der Waals surface area contributed by atoms with Gasteiger partial charge in [-0.15, -0.1) is 0 Å². The van der Waals surface area contributed by atoms with Crippen LogP contribution in [0.1, 0.15) is 23.8 Å². The number of carbonyl (C=O) groups is 2. The number of aromatic nitrogens is 1. The van der Waals surface area contributed by atoms with Crippen LogP contribution in [0.25, 0.3) is 0 Å². The van der Waals surface area contributed by atoms with Gasteiger partial charge in [-0.3, -0.25) is 9.59 Å². The zero-order valence-corrected chi connectivity index (χ0v) is 9.78. The number of amides is 1. The number of nitrogens with one attached hydrogen (secondary N) is 1. The first-order chi connectivity index (χ1) is 7.40. The van der Waals surface area contributed by atoms with Crippen molar-refractivity contribution in [3.8, 4) is 0 Å². The highest BCUT2D eigenvalue weighted by atomic mass is 35.5. The van der Waals surface area contributed by atoms with Gasteiger partial charge < -0.3 is 15.0 Å². The maximum atomic E-state index is 11.7. The average molecular weight is 245 g/mol. The summed E-state index contributed by atoms with van der Waals surface area (Å²) in [4.78, 5) is 22.1. The number of rotatable bonds is 4. The fourth-order valence-electron chi connectivity index (χ4n) is 1.36. The second-order valence-electron chi connectivity index (χ2n) is 3.63. The molecule has 0 aliphatic carbocycles. The van der Waals surface area contributed by atoms with Crippen molar-refractivity contribution < 1.29 is 14.7 Å². The molecule has 0 aliphatic rings. The maximum Gasteiger partial charge on any atom is 0.305 e. The van der Waals surface area contributed by atoms with Crippen LogP contribution in [0.3, 0.4) is 0 Å². The Morgan fingerprint density at radius 1 is 1.62 bits per heavy atom. The van der Waals surface area contributed by atoms with Crippen LogP contribution in [-0.2, 0) is 11.8 Å². The van der Waals surface area contributed by atoms with E-state index in [0.29, 0.717) is 10.7 Å². The Morgan fingerprint density at radius 3 is 2.69 bits per heavy atom. The van der Waals surface area contributed by atoms with Crippen molar-refractivity contribution in [3.63, 3.8) is 0 Å². The van der Waals surface area contributed by atoms with Gasteiger partial charge in [-0.05, 0) is 13.0 Å². The van der Waals surface area contributed by atoms with E-state index in [1.807, 2.05) is 0 Å². The predicted molar refractivity (Wildman–Crippen MR) is 59.6 cm³/mol. The fourth-order valence-corrected chi connectivity index (χ4v) is 1.61. The number of nitrogens with zero attached hydrogens (tertiary/aromatic N) is 1. The van der Waals surface area contributed by atoms with Gasteiger partial charge in [-0.2, -0.15) is 0 Å². The molecule has 0 saturated heterocycles. The molecule has 1 unspecified atom stereocenters. The molecule has 0 radical (unpaired) electrons. The number of hydrogen-bond donors (Lipinski definition) is 2. The molecule has 88 valence electrons. The Morgan fingerprint density at radius 2 is 2.25 bits per heavy atom. The van der Waals surface area contributed by atoms with E-state index in [4.69, 9.17) is 16.7 Å². The van der Waals surface area contributed by atoms with Crippen molar-refractivity contribution in [3.05, 3.63) is 23.0 Å². The Hall–Kier alpha value is -1.49. The summed E-state index contributed by atoms with van der Waals surface area (Å²) >= 11 is 5.74. The summed E-state index contributed by atoms with van der Waals surface area (Å²) in [6, 6.07) is 1.11. The summed E-state index contributed by atoms with van der Waals surface area (Å²) in [6.07, 6.45) is 1.50. The molecule has 0 spiro atoms. The maximum absolute atomic E-state index is 11.7. The Balaban J connectivity index is 2.65. The standard InChI is InChI=1S/C10H13ClN2O3/c1-6(3-9(14)15)12-10(16)8-4-7(11)5-13(8)2/h4-6H,3H2,1-2H3,(H,12,16)(H,14,15). The minimum Gasteiger partial charge on any atom is -0.481 e. The van der Waals surface area contributed by atoms with E-state index in [-0.39, 0.29) is 12.3 Å². The lowest BCUT2D eigenvalue weighted by atomic mass is 10.2. The van der Waals surface area contributed by atoms with Gasteiger partial charge in [0.15, 0.2) is 0 Å². The predicted octanol–water partition coefficient (Wildman–Crippen LogP) is 1.27. The fraction of sp³-hybridized carbons (Fsp3) is 0.400. The number of carboxylic acids is 1. The number of aliphatic carboxylic acids is 1. The van der Waals surface area contributed by atoms with E-state index >= 15 is 0 Å². The van der Waals surface area contributed by atoms with E-state index < -0.39 is 12.0 Å². The number of halogens is 1. The third-order valence-corrected chi connectivity index (χ3v) is 2.27. The highest BCUT2D eigenvalue weighted by Crippen LogP contribution is 2.12. The van der Waals surface area contributed by atoms with E-state index in [0.717, 1.165) is 0 Å². The van der Waals surface area contributed by atoms with Crippen LogP contribution in [-0.4, -0.2) is 27.6 Å². The summed E-state index contributed by atoms with van der Waals surface area (Å²) in [5, 5.41) is 11.6. The SMILES string of the molecule is CC(CC(=O)O)NC(=O)c1cc(Cl)cn1C. The summed E-state index contributed by atoms with van der Waals surface area (Å²) in [7, 11) is 1.70. The first kappa shape index (κ1) is 12.6. The zero-order chi connectivity index (χ0) is 12.3. The molecule has 0 saturated carbocycles. The summed E-state index contributed by atoms with van der Waals surface area (Å²) in [5.41, 5.74) is 0.405. The van der Waals surface area contributed by atoms with E-state index in [9.17, 15) is 9.59 Å². The molecule has 1 rings (SSSR count). The molecule has 1 aromatic rings. The number of hydrogen-bond acceptors (Lipinski definition) is 2. The van der Waals surface area contributed by atoms with Crippen LogP contribution < -0.4 is 5.32 Å². The highest BCUT2D eigenvalue weighted by molar-refractivity contribution is 6.31.